The van der Waals surface area contributed by atoms with E-state index in [0.717, 1.165) is 0 Å². The fourth-order valence-electron chi connectivity index (χ4n) is 2.11. The van der Waals surface area contributed by atoms with Crippen LogP contribution in [0.1, 0.15) is 16.1 Å². The lowest BCUT2D eigenvalue weighted by Crippen LogP contribution is -2.32. The molecule has 0 aliphatic heterocycles. The monoisotopic (exact) mass is 303 g/mol. The van der Waals surface area contributed by atoms with Gasteiger partial charge in [-0.1, -0.05) is 0 Å². The molecule has 0 unspecified atom stereocenters. The van der Waals surface area contributed by atoms with Gasteiger partial charge >= 0.3 is 0 Å². The van der Waals surface area contributed by atoms with Crippen molar-refractivity contribution in [2.24, 2.45) is 0 Å². The molecule has 0 saturated heterocycles. The normalized spacial score (nSPS) is 10.1. The molecule has 0 bridgehead atoms. The van der Waals surface area contributed by atoms with Crippen molar-refractivity contribution in [3.05, 3.63) is 53.0 Å². The Morgan fingerprint density at radius 1 is 1.09 bits per heavy atom. The Kier molecular flexibility index (Phi) is 4.83. The molecule has 0 atom stereocenters. The maximum absolute atomic E-state index is 12.4. The van der Waals surface area contributed by atoms with E-state index in [-0.39, 0.29) is 12.2 Å². The fraction of sp³-hybridized carbons (Fsp3) is 0.250. The lowest BCUT2D eigenvalue weighted by molar-refractivity contribution is -0.613. The molecule has 6 heteroatoms. The topological polar surface area (TPSA) is 71.7 Å². The number of ether oxygens (including phenoxy) is 3. The van der Waals surface area contributed by atoms with Crippen LogP contribution >= 0.6 is 0 Å². The van der Waals surface area contributed by atoms with Crippen LogP contribution in [0.15, 0.2) is 36.5 Å². The van der Waals surface area contributed by atoms with E-state index in [0.29, 0.717) is 33.2 Å². The standard InChI is InChI=1S/C16H17NO5/c1-20-14-8-11(9-15(21-2)16(14)22-3)13(18)10-12-6-4-5-7-17(12)19/h4-9H,10H2,1-3H3. The molecule has 22 heavy (non-hydrogen) atoms. The van der Waals surface area contributed by atoms with E-state index >= 15 is 0 Å². The summed E-state index contributed by atoms with van der Waals surface area (Å²) in [5.74, 6) is 0.997. The van der Waals surface area contributed by atoms with Crippen LogP contribution in [0.4, 0.5) is 0 Å². The van der Waals surface area contributed by atoms with E-state index in [1.54, 1.807) is 30.3 Å². The fourth-order valence-corrected chi connectivity index (χ4v) is 2.11. The maximum atomic E-state index is 12.4. The molecule has 1 aromatic heterocycles. The molecule has 2 aromatic rings. The second-order valence-electron chi connectivity index (χ2n) is 4.53. The summed E-state index contributed by atoms with van der Waals surface area (Å²) in [5.41, 5.74) is 0.764. The van der Waals surface area contributed by atoms with Crippen LogP contribution in [0, 0.1) is 5.21 Å². The number of carbonyl (C=O) groups excluding carboxylic acids is 1. The number of aromatic nitrogens is 1. The molecule has 0 amide bonds. The first-order valence-corrected chi connectivity index (χ1v) is 6.61. The van der Waals surface area contributed by atoms with Crippen molar-refractivity contribution in [1.82, 2.24) is 0 Å². The van der Waals surface area contributed by atoms with Crippen molar-refractivity contribution in [1.29, 1.82) is 0 Å². The highest BCUT2D eigenvalue weighted by Crippen LogP contribution is 2.38. The Bertz CT molecular complexity index is 659. The van der Waals surface area contributed by atoms with Gasteiger partial charge in [-0.3, -0.25) is 4.79 Å². The van der Waals surface area contributed by atoms with E-state index in [2.05, 4.69) is 0 Å². The molecular weight excluding hydrogens is 286 g/mol. The molecule has 0 fully saturated rings. The molecule has 1 aromatic carbocycles. The summed E-state index contributed by atoms with van der Waals surface area (Å²) >= 11 is 0. The number of benzene rings is 1. The quantitative estimate of drug-likeness (QED) is 0.462. The van der Waals surface area contributed by atoms with Gasteiger partial charge < -0.3 is 19.4 Å². The number of nitrogens with zero attached hydrogens (tertiary/aromatic N) is 1. The smallest absolute Gasteiger partial charge is 0.203 e. The van der Waals surface area contributed by atoms with Crippen molar-refractivity contribution in [2.45, 2.75) is 6.42 Å². The molecule has 2 rings (SSSR count). The van der Waals surface area contributed by atoms with Crippen LogP contribution in [0.3, 0.4) is 0 Å². The third kappa shape index (κ3) is 3.11. The number of carbonyl (C=O) groups is 1. The molecule has 0 saturated carbocycles. The van der Waals surface area contributed by atoms with E-state index in [1.165, 1.54) is 27.5 Å². The lowest BCUT2D eigenvalue weighted by Gasteiger charge is -2.13. The molecule has 0 aliphatic carbocycles. The van der Waals surface area contributed by atoms with Crippen LogP contribution in [0.25, 0.3) is 0 Å². The van der Waals surface area contributed by atoms with Crippen LogP contribution in [-0.4, -0.2) is 27.1 Å². The van der Waals surface area contributed by atoms with Crippen LogP contribution < -0.4 is 18.9 Å². The molecule has 6 nitrogen and oxygen atoms in total. The Labute approximate surface area is 128 Å². The van der Waals surface area contributed by atoms with Gasteiger partial charge in [-0.05, 0) is 18.2 Å². The average molecular weight is 303 g/mol. The number of hydrogen-bond donors (Lipinski definition) is 0. The summed E-state index contributed by atoms with van der Waals surface area (Å²) in [6, 6.07) is 8.08. The molecule has 0 aliphatic rings. The predicted molar refractivity (Wildman–Crippen MR) is 79.5 cm³/mol. The van der Waals surface area contributed by atoms with Crippen LogP contribution in [0.5, 0.6) is 17.2 Å². The summed E-state index contributed by atoms with van der Waals surface area (Å²) in [6.07, 6.45) is 1.35. The van der Waals surface area contributed by atoms with Gasteiger partial charge in [0.25, 0.3) is 0 Å². The van der Waals surface area contributed by atoms with Gasteiger partial charge in [0.15, 0.2) is 23.5 Å². The Balaban J connectivity index is 2.36. The zero-order valence-electron chi connectivity index (χ0n) is 12.7. The zero-order valence-corrected chi connectivity index (χ0v) is 12.7. The van der Waals surface area contributed by atoms with Crippen molar-refractivity contribution in [3.63, 3.8) is 0 Å². The van der Waals surface area contributed by atoms with Gasteiger partial charge in [0.05, 0.1) is 27.8 Å². The Morgan fingerprint density at radius 3 is 2.23 bits per heavy atom. The first kappa shape index (κ1) is 15.6. The van der Waals surface area contributed by atoms with E-state index in [4.69, 9.17) is 14.2 Å². The minimum absolute atomic E-state index is 0.0109. The highest BCUT2D eigenvalue weighted by atomic mass is 16.5. The predicted octanol–water partition coefficient (Wildman–Crippen LogP) is 1.77. The van der Waals surface area contributed by atoms with Gasteiger partial charge in [0.1, 0.15) is 0 Å². The van der Waals surface area contributed by atoms with Crippen molar-refractivity contribution < 1.29 is 23.7 Å². The van der Waals surface area contributed by atoms with Gasteiger partial charge in [-0.15, -0.1) is 0 Å². The average Bonchev–Trinajstić information content (AvgIpc) is 2.55. The minimum Gasteiger partial charge on any atom is -0.618 e. The largest absolute Gasteiger partial charge is 0.618 e. The van der Waals surface area contributed by atoms with Gasteiger partial charge in [-0.25, -0.2) is 0 Å². The Morgan fingerprint density at radius 2 is 1.73 bits per heavy atom. The summed E-state index contributed by atoms with van der Waals surface area (Å²) in [5, 5.41) is 11.6. The SMILES string of the molecule is COc1cc(C(=O)Cc2cccc[n+]2[O-])cc(OC)c1OC. The molecule has 116 valence electrons. The van der Waals surface area contributed by atoms with Crippen molar-refractivity contribution >= 4 is 5.78 Å². The highest BCUT2D eigenvalue weighted by Gasteiger charge is 2.19. The first-order chi connectivity index (χ1) is 10.6. The third-order valence-corrected chi connectivity index (χ3v) is 3.23. The van der Waals surface area contributed by atoms with Crippen LogP contribution in [0.2, 0.25) is 0 Å². The number of hydrogen-bond acceptors (Lipinski definition) is 5. The Hall–Kier alpha value is -2.76. The molecule has 0 N–H and O–H groups in total. The van der Waals surface area contributed by atoms with Gasteiger partial charge in [0, 0.05) is 17.7 Å². The van der Waals surface area contributed by atoms with E-state index in [9.17, 15) is 10.0 Å². The lowest BCUT2D eigenvalue weighted by atomic mass is 10.0. The van der Waals surface area contributed by atoms with Gasteiger partial charge in [-0.2, -0.15) is 4.73 Å². The minimum atomic E-state index is -0.213. The third-order valence-electron chi connectivity index (χ3n) is 3.23. The number of pyridine rings is 1. The highest BCUT2D eigenvalue weighted by molar-refractivity contribution is 5.98. The van der Waals surface area contributed by atoms with E-state index in [1.807, 2.05) is 0 Å². The molecule has 1 heterocycles. The number of Topliss-reactive ketones (excluding diaryl/α,β-unsaturated/α-hetero) is 1. The van der Waals surface area contributed by atoms with Gasteiger partial charge in [0.2, 0.25) is 11.4 Å². The number of methoxy groups -OCH3 is 3. The van der Waals surface area contributed by atoms with Crippen molar-refractivity contribution in [2.75, 3.05) is 21.3 Å². The summed E-state index contributed by atoms with van der Waals surface area (Å²) < 4.78 is 16.3. The summed E-state index contributed by atoms with van der Waals surface area (Å²) in [4.78, 5) is 12.4. The maximum Gasteiger partial charge on any atom is 0.203 e. The summed E-state index contributed by atoms with van der Waals surface area (Å²) in [6.45, 7) is 0. The summed E-state index contributed by atoms with van der Waals surface area (Å²) in [7, 11) is 4.45. The molecule has 0 spiro atoms. The van der Waals surface area contributed by atoms with E-state index < -0.39 is 0 Å². The zero-order chi connectivity index (χ0) is 16.1. The van der Waals surface area contributed by atoms with Crippen molar-refractivity contribution in [3.8, 4) is 17.2 Å². The number of ketones is 1. The molecule has 0 radical (unpaired) electrons. The number of rotatable bonds is 6. The van der Waals surface area contributed by atoms with Crippen LogP contribution in [-0.2, 0) is 6.42 Å². The second kappa shape index (κ2) is 6.80. The molecular formula is C16H17NO5. The first-order valence-electron chi connectivity index (χ1n) is 6.61. The second-order valence-corrected chi connectivity index (χ2v) is 4.53.